The van der Waals surface area contributed by atoms with Crippen molar-refractivity contribution in [3.8, 4) is 0 Å². The van der Waals surface area contributed by atoms with E-state index in [1.54, 1.807) is 0 Å². The van der Waals surface area contributed by atoms with Crippen molar-refractivity contribution in [3.05, 3.63) is 0 Å². The summed E-state index contributed by atoms with van der Waals surface area (Å²) < 4.78 is 23.5. The van der Waals surface area contributed by atoms with Gasteiger partial charge in [-0.1, -0.05) is 253 Å². The fourth-order valence-electron chi connectivity index (χ4n) is 8.36. The molecule has 0 aliphatic carbocycles. The largest absolute Gasteiger partial charge is 0.465 e. The van der Waals surface area contributed by atoms with Crippen LogP contribution < -0.4 is 0 Å². The van der Waals surface area contributed by atoms with Gasteiger partial charge in [-0.25, -0.2) is 0 Å². The molecule has 0 radical (unpaired) electrons. The molecule has 0 spiro atoms. The van der Waals surface area contributed by atoms with E-state index in [2.05, 4.69) is 27.7 Å². The number of rotatable bonds is 48. The monoisotopic (exact) mass is 879 g/mol. The lowest BCUT2D eigenvalue weighted by Gasteiger charge is -2.33. The molecule has 62 heavy (non-hydrogen) atoms. The Bertz CT molecular complexity index is 940. The predicted octanol–water partition coefficient (Wildman–Crippen LogP) is 16.1. The molecule has 8 nitrogen and oxygen atoms in total. The molecule has 366 valence electrons. The molecule has 0 amide bonds. The van der Waals surface area contributed by atoms with Crippen LogP contribution in [0.5, 0.6) is 0 Å². The lowest BCUT2D eigenvalue weighted by molar-refractivity contribution is -0.195. The van der Waals surface area contributed by atoms with E-state index in [9.17, 15) is 19.2 Å². The van der Waals surface area contributed by atoms with Crippen LogP contribution in [-0.4, -0.2) is 50.3 Å². The van der Waals surface area contributed by atoms with E-state index in [0.717, 1.165) is 77.0 Å². The first-order valence-electron chi connectivity index (χ1n) is 27.1. The van der Waals surface area contributed by atoms with Crippen LogP contribution in [0.3, 0.4) is 0 Å². The Morgan fingerprint density at radius 2 is 0.500 bits per heavy atom. The summed E-state index contributed by atoms with van der Waals surface area (Å²) in [4.78, 5) is 57.9. The van der Waals surface area contributed by atoms with Gasteiger partial charge in [-0.05, 0) is 32.1 Å². The van der Waals surface area contributed by atoms with Crippen molar-refractivity contribution in [2.45, 2.75) is 285 Å². The Hall–Kier alpha value is -2.12. The molecule has 0 heterocycles. The molecular weight excluding hydrogens is 777 g/mol. The zero-order valence-corrected chi connectivity index (χ0v) is 41.7. The lowest BCUT2D eigenvalue weighted by atomic mass is 9.72. The Kier molecular flexibility index (Phi) is 43.9. The minimum atomic E-state index is -2.58. The molecular formula is C54H102O8. The molecule has 0 fully saturated rings. The molecule has 0 aromatic rings. The van der Waals surface area contributed by atoms with Gasteiger partial charge < -0.3 is 18.9 Å². The number of carbonyl (C=O) groups excluding carboxylic acids is 4. The molecule has 0 saturated carbocycles. The summed E-state index contributed by atoms with van der Waals surface area (Å²) in [6, 6.07) is 0. The van der Waals surface area contributed by atoms with E-state index >= 15 is 0 Å². The highest BCUT2D eigenvalue weighted by Gasteiger charge is 2.65. The van der Waals surface area contributed by atoms with Gasteiger partial charge in [0.15, 0.2) is 0 Å². The second-order valence-corrected chi connectivity index (χ2v) is 18.4. The van der Waals surface area contributed by atoms with Crippen molar-refractivity contribution in [2.24, 2.45) is 11.3 Å². The predicted molar refractivity (Wildman–Crippen MR) is 258 cm³/mol. The van der Waals surface area contributed by atoms with E-state index in [1.807, 2.05) is 6.92 Å². The number of unbranched alkanes of at least 4 members (excludes halogenated alkanes) is 33. The summed E-state index contributed by atoms with van der Waals surface area (Å²) in [7, 11) is 0. The first-order chi connectivity index (χ1) is 30.4. The maximum absolute atomic E-state index is 14.6. The van der Waals surface area contributed by atoms with Crippen molar-refractivity contribution in [1.82, 2.24) is 0 Å². The maximum atomic E-state index is 14.6. The zero-order chi connectivity index (χ0) is 45.6. The standard InChI is InChI=1S/C54H102O8/c1-6-11-16-20-24-28-32-36-40-45-59-50(55)49(44-15-10-5)54(51(56)60-46-41-37-33-29-25-21-17-12-7-2,52(57)61-47-42-38-34-30-26-22-18-13-8-3)53(58)62-48-43-39-35-31-27-23-19-14-9-4/h49H,6-48H2,1-5H3. The van der Waals surface area contributed by atoms with E-state index < -0.39 is 35.2 Å². The minimum Gasteiger partial charge on any atom is -0.465 e. The van der Waals surface area contributed by atoms with Crippen LogP contribution in [-0.2, 0) is 38.1 Å². The van der Waals surface area contributed by atoms with Crippen molar-refractivity contribution < 1.29 is 38.1 Å². The molecule has 0 N–H and O–H groups in total. The number of esters is 4. The zero-order valence-electron chi connectivity index (χ0n) is 41.7. The summed E-state index contributed by atoms with van der Waals surface area (Å²) in [6.45, 7) is 11.2. The first-order valence-corrected chi connectivity index (χ1v) is 27.1. The van der Waals surface area contributed by atoms with E-state index in [1.165, 1.54) is 128 Å². The Labute approximate surface area is 383 Å². The second kappa shape index (κ2) is 45.4. The van der Waals surface area contributed by atoms with Gasteiger partial charge >= 0.3 is 23.9 Å². The number of hydrogen-bond acceptors (Lipinski definition) is 8. The summed E-state index contributed by atoms with van der Waals surface area (Å²) in [5.74, 6) is -5.23. The summed E-state index contributed by atoms with van der Waals surface area (Å²) in [5, 5.41) is 0. The third-order valence-corrected chi connectivity index (χ3v) is 12.6. The van der Waals surface area contributed by atoms with Crippen LogP contribution in [0.25, 0.3) is 0 Å². The van der Waals surface area contributed by atoms with Gasteiger partial charge in [0.05, 0.1) is 32.3 Å². The first kappa shape index (κ1) is 59.9. The summed E-state index contributed by atoms with van der Waals surface area (Å²) in [6.07, 6.45) is 40.9. The quantitative estimate of drug-likeness (QED) is 0.0258. The fourth-order valence-corrected chi connectivity index (χ4v) is 8.36. The molecule has 1 unspecified atom stereocenters. The van der Waals surface area contributed by atoms with Crippen molar-refractivity contribution in [3.63, 3.8) is 0 Å². The summed E-state index contributed by atoms with van der Waals surface area (Å²) in [5.41, 5.74) is -2.58. The average molecular weight is 879 g/mol. The lowest BCUT2D eigenvalue weighted by Crippen LogP contribution is -2.57. The van der Waals surface area contributed by atoms with Crippen LogP contribution >= 0.6 is 0 Å². The maximum Gasteiger partial charge on any atom is 0.336 e. The van der Waals surface area contributed by atoms with Gasteiger partial charge in [-0.3, -0.25) is 19.2 Å². The third-order valence-electron chi connectivity index (χ3n) is 12.6. The van der Waals surface area contributed by atoms with Crippen molar-refractivity contribution in [2.75, 3.05) is 26.4 Å². The average Bonchev–Trinajstić information content (AvgIpc) is 3.27. The number of hydrogen-bond donors (Lipinski definition) is 0. The molecule has 0 saturated heterocycles. The van der Waals surface area contributed by atoms with Gasteiger partial charge in [0.25, 0.3) is 5.41 Å². The van der Waals surface area contributed by atoms with Crippen LogP contribution in [0, 0.1) is 11.3 Å². The van der Waals surface area contributed by atoms with Gasteiger partial charge in [-0.15, -0.1) is 0 Å². The van der Waals surface area contributed by atoms with E-state index in [0.29, 0.717) is 38.5 Å². The SMILES string of the molecule is CCCCCCCCCCCOC(=O)C(CCCC)C(C(=O)OCCCCCCCCCCC)(C(=O)OCCCCCCCCCCC)C(=O)OCCCCCCCCCCC. The molecule has 0 bridgehead atoms. The topological polar surface area (TPSA) is 105 Å². The number of ether oxygens (including phenoxy) is 4. The highest BCUT2D eigenvalue weighted by atomic mass is 16.6. The molecule has 0 aromatic heterocycles. The van der Waals surface area contributed by atoms with Crippen LogP contribution in [0.2, 0.25) is 0 Å². The highest BCUT2D eigenvalue weighted by molar-refractivity contribution is 6.20. The fraction of sp³-hybridized carbons (Fsp3) is 0.926. The van der Waals surface area contributed by atoms with E-state index in [-0.39, 0.29) is 32.8 Å². The smallest absolute Gasteiger partial charge is 0.336 e. The molecule has 0 aliphatic rings. The van der Waals surface area contributed by atoms with Crippen LogP contribution in [0.1, 0.15) is 285 Å². The molecule has 1 atom stereocenters. The van der Waals surface area contributed by atoms with Crippen molar-refractivity contribution >= 4 is 23.9 Å². The Balaban J connectivity index is 6.11. The van der Waals surface area contributed by atoms with Gasteiger partial charge in [0, 0.05) is 0 Å². The molecule has 0 aromatic carbocycles. The summed E-state index contributed by atoms with van der Waals surface area (Å²) >= 11 is 0. The Morgan fingerprint density at radius 1 is 0.290 bits per heavy atom. The van der Waals surface area contributed by atoms with Gasteiger partial charge in [0.1, 0.15) is 0 Å². The van der Waals surface area contributed by atoms with Crippen LogP contribution in [0.15, 0.2) is 0 Å². The third kappa shape index (κ3) is 30.9. The molecule has 8 heteroatoms. The van der Waals surface area contributed by atoms with E-state index in [4.69, 9.17) is 18.9 Å². The van der Waals surface area contributed by atoms with Crippen molar-refractivity contribution in [1.29, 1.82) is 0 Å². The van der Waals surface area contributed by atoms with Gasteiger partial charge in [-0.2, -0.15) is 0 Å². The van der Waals surface area contributed by atoms with Gasteiger partial charge in [0.2, 0.25) is 0 Å². The normalized spacial score (nSPS) is 12.0. The molecule has 0 rings (SSSR count). The minimum absolute atomic E-state index is 0.0570. The van der Waals surface area contributed by atoms with Crippen LogP contribution in [0.4, 0.5) is 0 Å². The second-order valence-electron chi connectivity index (χ2n) is 18.4. The highest BCUT2D eigenvalue weighted by Crippen LogP contribution is 2.38. The number of carbonyl (C=O) groups is 4. The Morgan fingerprint density at radius 3 is 0.742 bits per heavy atom. The molecule has 0 aliphatic heterocycles.